The van der Waals surface area contributed by atoms with Crippen molar-refractivity contribution in [3.8, 4) is 0 Å². The second-order valence-corrected chi connectivity index (χ2v) is 7.34. The highest BCUT2D eigenvalue weighted by Gasteiger charge is 2.53. The number of benzene rings is 2. The predicted molar refractivity (Wildman–Crippen MR) is 108 cm³/mol. The van der Waals surface area contributed by atoms with E-state index in [1.54, 1.807) is 55.5 Å². The Morgan fingerprint density at radius 3 is 2.17 bits per heavy atom. The van der Waals surface area contributed by atoms with Gasteiger partial charge < -0.3 is 9.64 Å². The fourth-order valence-corrected chi connectivity index (χ4v) is 4.35. The maximum absolute atomic E-state index is 13.3. The molecule has 0 radical (unpaired) electrons. The van der Waals surface area contributed by atoms with Crippen molar-refractivity contribution < 1.29 is 23.9 Å². The Hall–Kier alpha value is -3.48. The summed E-state index contributed by atoms with van der Waals surface area (Å²) in [6.07, 6.45) is 1.03. The first kappa shape index (κ1) is 19.8. The Kier molecular flexibility index (Phi) is 5.11. The second-order valence-electron chi connectivity index (χ2n) is 7.34. The maximum atomic E-state index is 13.3. The van der Waals surface area contributed by atoms with E-state index in [4.69, 9.17) is 4.74 Å². The lowest BCUT2D eigenvalue weighted by molar-refractivity contribution is -0.162. The molecule has 7 nitrogen and oxygen atoms in total. The smallest absolute Gasteiger partial charge is 0.336 e. The Balaban J connectivity index is 1.65. The van der Waals surface area contributed by atoms with Gasteiger partial charge in [0.2, 0.25) is 5.91 Å². The van der Waals surface area contributed by atoms with E-state index >= 15 is 0 Å². The van der Waals surface area contributed by atoms with Crippen molar-refractivity contribution in [1.82, 2.24) is 9.80 Å². The highest BCUT2D eigenvalue weighted by molar-refractivity contribution is 6.22. The van der Waals surface area contributed by atoms with Crippen molar-refractivity contribution in [2.75, 3.05) is 19.7 Å². The first-order chi connectivity index (χ1) is 14.5. The van der Waals surface area contributed by atoms with Gasteiger partial charge >= 0.3 is 5.97 Å². The molecule has 3 amide bonds. The molecule has 0 N–H and O–H groups in total. The molecule has 154 valence electrons. The minimum absolute atomic E-state index is 0.188. The van der Waals surface area contributed by atoms with Gasteiger partial charge in [-0.15, -0.1) is 0 Å². The normalized spacial score (nSPS) is 20.4. The van der Waals surface area contributed by atoms with Crippen LogP contribution in [-0.2, 0) is 19.9 Å². The van der Waals surface area contributed by atoms with Gasteiger partial charge in [-0.05, 0) is 37.5 Å². The first-order valence-electron chi connectivity index (χ1n) is 9.99. The number of esters is 1. The molecule has 7 heteroatoms. The fourth-order valence-electron chi connectivity index (χ4n) is 4.35. The summed E-state index contributed by atoms with van der Waals surface area (Å²) < 4.78 is 5.35. The summed E-state index contributed by atoms with van der Waals surface area (Å²) in [5.74, 6) is -1.95. The van der Waals surface area contributed by atoms with E-state index in [1.807, 2.05) is 6.07 Å². The van der Waals surface area contributed by atoms with Crippen LogP contribution in [0.15, 0.2) is 54.6 Å². The molecule has 0 bridgehead atoms. The SMILES string of the molecule is CCOC(=O)[C@@]1(c2ccccc2)CCCN1C(=O)CN1C(=O)c2ccccc2C1=O. The van der Waals surface area contributed by atoms with Crippen molar-refractivity contribution in [1.29, 1.82) is 0 Å². The number of carbonyl (C=O) groups is 4. The zero-order valence-electron chi connectivity index (χ0n) is 16.7. The average Bonchev–Trinajstić information content (AvgIpc) is 3.32. The number of imide groups is 1. The molecule has 0 aliphatic carbocycles. The van der Waals surface area contributed by atoms with Gasteiger partial charge in [0.25, 0.3) is 11.8 Å². The van der Waals surface area contributed by atoms with Crippen LogP contribution in [-0.4, -0.2) is 53.2 Å². The number of amides is 3. The minimum Gasteiger partial charge on any atom is -0.464 e. The number of hydrogen-bond donors (Lipinski definition) is 0. The summed E-state index contributed by atoms with van der Waals surface area (Å²) in [6, 6.07) is 15.5. The molecular formula is C23H22N2O5. The van der Waals surface area contributed by atoms with Gasteiger partial charge in [-0.2, -0.15) is 0 Å². The van der Waals surface area contributed by atoms with Gasteiger partial charge in [0.1, 0.15) is 6.54 Å². The molecule has 2 aliphatic heterocycles. The Labute approximate surface area is 174 Å². The topological polar surface area (TPSA) is 84.0 Å². The van der Waals surface area contributed by atoms with E-state index in [1.165, 1.54) is 4.90 Å². The summed E-state index contributed by atoms with van der Waals surface area (Å²) >= 11 is 0. The molecule has 2 aromatic rings. The number of nitrogens with zero attached hydrogens (tertiary/aromatic N) is 2. The van der Waals surface area contributed by atoms with E-state index in [0.29, 0.717) is 24.9 Å². The lowest BCUT2D eigenvalue weighted by atomic mass is 9.87. The van der Waals surface area contributed by atoms with Gasteiger partial charge in [0.15, 0.2) is 5.54 Å². The van der Waals surface area contributed by atoms with Crippen LogP contribution in [0, 0.1) is 0 Å². The Morgan fingerprint density at radius 2 is 1.57 bits per heavy atom. The number of hydrogen-bond acceptors (Lipinski definition) is 5. The van der Waals surface area contributed by atoms with Gasteiger partial charge in [0, 0.05) is 6.54 Å². The molecule has 0 aromatic heterocycles. The standard InChI is InChI=1S/C23H22N2O5/c1-2-30-22(29)23(16-9-4-3-5-10-16)13-8-14-25(23)19(26)15-24-20(27)17-11-6-7-12-18(17)21(24)28/h3-7,9-12H,2,8,13-15H2,1H3/t23-/m0/s1. The van der Waals surface area contributed by atoms with Crippen LogP contribution in [0.25, 0.3) is 0 Å². The summed E-state index contributed by atoms with van der Waals surface area (Å²) in [4.78, 5) is 54.1. The van der Waals surface area contributed by atoms with Crippen molar-refractivity contribution in [2.45, 2.75) is 25.3 Å². The molecular weight excluding hydrogens is 384 g/mol. The molecule has 0 saturated carbocycles. The molecule has 2 aliphatic rings. The lowest BCUT2D eigenvalue weighted by Crippen LogP contribution is -2.54. The molecule has 0 unspecified atom stereocenters. The van der Waals surface area contributed by atoms with Crippen molar-refractivity contribution in [3.63, 3.8) is 0 Å². The number of likely N-dealkylation sites (tertiary alicyclic amines) is 1. The maximum Gasteiger partial charge on any atom is 0.336 e. The van der Waals surface area contributed by atoms with Crippen LogP contribution >= 0.6 is 0 Å². The molecule has 1 saturated heterocycles. The Morgan fingerprint density at radius 1 is 0.967 bits per heavy atom. The summed E-state index contributed by atoms with van der Waals surface area (Å²) in [5, 5.41) is 0. The fraction of sp³-hybridized carbons (Fsp3) is 0.304. The van der Waals surface area contributed by atoms with Crippen LogP contribution in [0.4, 0.5) is 0 Å². The molecule has 1 atom stereocenters. The zero-order chi connectivity index (χ0) is 21.3. The van der Waals surface area contributed by atoms with Gasteiger partial charge in [-0.25, -0.2) is 4.79 Å². The van der Waals surface area contributed by atoms with Crippen molar-refractivity contribution >= 4 is 23.7 Å². The van der Waals surface area contributed by atoms with Gasteiger partial charge in [-0.3, -0.25) is 19.3 Å². The first-order valence-corrected chi connectivity index (χ1v) is 9.99. The minimum atomic E-state index is -1.26. The van der Waals surface area contributed by atoms with E-state index in [0.717, 1.165) is 4.90 Å². The van der Waals surface area contributed by atoms with Crippen LogP contribution in [0.5, 0.6) is 0 Å². The van der Waals surface area contributed by atoms with E-state index in [-0.39, 0.29) is 17.7 Å². The predicted octanol–water partition coefficient (Wildman–Crippen LogP) is 2.36. The summed E-state index contributed by atoms with van der Waals surface area (Å²) in [5.41, 5.74) is -0.0166. The van der Waals surface area contributed by atoms with Crippen LogP contribution in [0.1, 0.15) is 46.0 Å². The van der Waals surface area contributed by atoms with E-state index in [9.17, 15) is 19.2 Å². The third-order valence-electron chi connectivity index (χ3n) is 5.72. The molecule has 1 fully saturated rings. The van der Waals surface area contributed by atoms with E-state index < -0.39 is 35.8 Å². The molecule has 2 heterocycles. The average molecular weight is 406 g/mol. The van der Waals surface area contributed by atoms with Crippen molar-refractivity contribution in [3.05, 3.63) is 71.3 Å². The van der Waals surface area contributed by atoms with Gasteiger partial charge in [0.05, 0.1) is 17.7 Å². The largest absolute Gasteiger partial charge is 0.464 e. The number of fused-ring (bicyclic) bond motifs is 1. The van der Waals surface area contributed by atoms with E-state index in [2.05, 4.69) is 0 Å². The summed E-state index contributed by atoms with van der Waals surface area (Å²) in [6.45, 7) is 1.83. The number of ether oxygens (including phenoxy) is 1. The highest BCUT2D eigenvalue weighted by Crippen LogP contribution is 2.40. The molecule has 4 rings (SSSR count). The quantitative estimate of drug-likeness (QED) is 0.562. The summed E-state index contributed by atoms with van der Waals surface area (Å²) in [7, 11) is 0. The monoisotopic (exact) mass is 406 g/mol. The molecule has 30 heavy (non-hydrogen) atoms. The lowest BCUT2D eigenvalue weighted by Gasteiger charge is -2.37. The second kappa shape index (κ2) is 7.74. The third kappa shape index (κ3) is 2.98. The number of carbonyl (C=O) groups excluding carboxylic acids is 4. The van der Waals surface area contributed by atoms with Crippen LogP contribution in [0.2, 0.25) is 0 Å². The van der Waals surface area contributed by atoms with Gasteiger partial charge in [-0.1, -0.05) is 42.5 Å². The van der Waals surface area contributed by atoms with Crippen molar-refractivity contribution in [2.24, 2.45) is 0 Å². The Bertz CT molecular complexity index is 984. The molecule has 0 spiro atoms. The van der Waals surface area contributed by atoms with Crippen LogP contribution < -0.4 is 0 Å². The van der Waals surface area contributed by atoms with Crippen LogP contribution in [0.3, 0.4) is 0 Å². The number of rotatable bonds is 5. The molecule has 2 aromatic carbocycles. The third-order valence-corrected chi connectivity index (χ3v) is 5.72. The zero-order valence-corrected chi connectivity index (χ0v) is 16.7. The highest BCUT2D eigenvalue weighted by atomic mass is 16.5.